The van der Waals surface area contributed by atoms with Crippen molar-refractivity contribution in [3.8, 4) is 0 Å². The number of benzene rings is 2. The SMILES string of the molecule is CCC(CC)C(=O)Nc1ccc(N2CCN(C(C(=O)N(CC)CC)c3ccccc3)CC2)c(Br)c1. The Morgan fingerprint density at radius 3 is 2.11 bits per heavy atom. The minimum Gasteiger partial charge on any atom is -0.368 e. The highest BCUT2D eigenvalue weighted by atomic mass is 79.9. The smallest absolute Gasteiger partial charge is 0.244 e. The fraction of sp³-hybridized carbons (Fsp3) is 0.500. The van der Waals surface area contributed by atoms with Crippen molar-refractivity contribution in [3.05, 3.63) is 58.6 Å². The zero-order chi connectivity index (χ0) is 25.4. The summed E-state index contributed by atoms with van der Waals surface area (Å²) in [5, 5.41) is 3.05. The summed E-state index contributed by atoms with van der Waals surface area (Å²) in [6, 6.07) is 15.9. The van der Waals surface area contributed by atoms with Crippen LogP contribution in [0.1, 0.15) is 52.1 Å². The Labute approximate surface area is 218 Å². The largest absolute Gasteiger partial charge is 0.368 e. The third-order valence-electron chi connectivity index (χ3n) is 7.02. The maximum Gasteiger partial charge on any atom is 0.244 e. The average Bonchev–Trinajstić information content (AvgIpc) is 2.87. The summed E-state index contributed by atoms with van der Waals surface area (Å²) in [4.78, 5) is 32.5. The predicted octanol–water partition coefficient (Wildman–Crippen LogP) is 5.56. The molecule has 190 valence electrons. The lowest BCUT2D eigenvalue weighted by Crippen LogP contribution is -2.51. The van der Waals surface area contributed by atoms with E-state index in [0.717, 1.165) is 60.4 Å². The molecule has 0 aromatic heterocycles. The van der Waals surface area contributed by atoms with Gasteiger partial charge in [0, 0.05) is 55.3 Å². The van der Waals surface area contributed by atoms with Gasteiger partial charge >= 0.3 is 0 Å². The lowest BCUT2D eigenvalue weighted by molar-refractivity contribution is -0.137. The summed E-state index contributed by atoms with van der Waals surface area (Å²) >= 11 is 3.72. The summed E-state index contributed by atoms with van der Waals surface area (Å²) < 4.78 is 0.965. The number of piperazine rings is 1. The number of hydrogen-bond acceptors (Lipinski definition) is 4. The summed E-state index contributed by atoms with van der Waals surface area (Å²) in [6.07, 6.45) is 1.68. The molecule has 1 heterocycles. The molecule has 1 fully saturated rings. The quantitative estimate of drug-likeness (QED) is 0.427. The molecule has 2 amide bonds. The summed E-state index contributed by atoms with van der Waals surface area (Å²) in [5.41, 5.74) is 2.97. The Bertz CT molecular complexity index is 968. The molecule has 7 heteroatoms. The van der Waals surface area contributed by atoms with Gasteiger partial charge in [-0.25, -0.2) is 0 Å². The van der Waals surface area contributed by atoms with E-state index in [0.29, 0.717) is 13.1 Å². The molecule has 1 unspecified atom stereocenters. The highest BCUT2D eigenvalue weighted by molar-refractivity contribution is 9.10. The van der Waals surface area contributed by atoms with Gasteiger partial charge in [-0.05, 0) is 66.4 Å². The number of nitrogens with zero attached hydrogens (tertiary/aromatic N) is 3. The van der Waals surface area contributed by atoms with Crippen LogP contribution in [-0.4, -0.2) is 60.9 Å². The fourth-order valence-corrected chi connectivity index (χ4v) is 5.45. The van der Waals surface area contributed by atoms with E-state index in [1.165, 1.54) is 0 Å². The van der Waals surface area contributed by atoms with Gasteiger partial charge in [0.05, 0.1) is 5.69 Å². The van der Waals surface area contributed by atoms with Crippen LogP contribution < -0.4 is 10.2 Å². The van der Waals surface area contributed by atoms with Gasteiger partial charge in [0.15, 0.2) is 0 Å². The van der Waals surface area contributed by atoms with Gasteiger partial charge in [-0.3, -0.25) is 14.5 Å². The van der Waals surface area contributed by atoms with Gasteiger partial charge in [-0.1, -0.05) is 44.2 Å². The Morgan fingerprint density at radius 2 is 1.57 bits per heavy atom. The molecule has 0 spiro atoms. The first kappa shape index (κ1) is 27.2. The van der Waals surface area contributed by atoms with Crippen LogP contribution >= 0.6 is 15.9 Å². The number of nitrogens with one attached hydrogen (secondary N) is 1. The Hall–Kier alpha value is -2.38. The van der Waals surface area contributed by atoms with Gasteiger partial charge in [0.25, 0.3) is 0 Å². The van der Waals surface area contributed by atoms with E-state index >= 15 is 0 Å². The van der Waals surface area contributed by atoms with Crippen molar-refractivity contribution in [1.82, 2.24) is 9.80 Å². The number of rotatable bonds is 10. The highest BCUT2D eigenvalue weighted by Crippen LogP contribution is 2.32. The first-order chi connectivity index (χ1) is 16.9. The first-order valence-electron chi connectivity index (χ1n) is 12.9. The number of hydrogen-bond donors (Lipinski definition) is 1. The highest BCUT2D eigenvalue weighted by Gasteiger charge is 2.33. The van der Waals surface area contributed by atoms with Crippen LogP contribution in [0.5, 0.6) is 0 Å². The van der Waals surface area contributed by atoms with Gasteiger partial charge < -0.3 is 15.1 Å². The van der Waals surface area contributed by atoms with Gasteiger partial charge in [0.2, 0.25) is 11.8 Å². The van der Waals surface area contributed by atoms with Crippen LogP contribution in [0.25, 0.3) is 0 Å². The van der Waals surface area contributed by atoms with E-state index in [1.807, 2.05) is 62.9 Å². The third-order valence-corrected chi connectivity index (χ3v) is 7.65. The van der Waals surface area contributed by atoms with Gasteiger partial charge in [-0.2, -0.15) is 0 Å². The Balaban J connectivity index is 1.71. The molecule has 1 saturated heterocycles. The Kier molecular flexibility index (Phi) is 10.2. The molecule has 0 radical (unpaired) electrons. The molecule has 35 heavy (non-hydrogen) atoms. The summed E-state index contributed by atoms with van der Waals surface area (Å²) in [6.45, 7) is 12.8. The zero-order valence-electron chi connectivity index (χ0n) is 21.5. The number of carbonyl (C=O) groups excluding carboxylic acids is 2. The zero-order valence-corrected chi connectivity index (χ0v) is 23.1. The molecular formula is C28H39BrN4O2. The number of carbonyl (C=O) groups is 2. The number of halogens is 1. The van der Waals surface area contributed by atoms with Crippen molar-refractivity contribution in [2.75, 3.05) is 49.5 Å². The van der Waals surface area contributed by atoms with Crippen molar-refractivity contribution in [2.24, 2.45) is 5.92 Å². The number of amides is 2. The van der Waals surface area contributed by atoms with Crippen molar-refractivity contribution >= 4 is 39.1 Å². The second-order valence-electron chi connectivity index (χ2n) is 9.02. The fourth-order valence-electron chi connectivity index (χ4n) is 4.82. The minimum atomic E-state index is -0.260. The van der Waals surface area contributed by atoms with Crippen LogP contribution in [0, 0.1) is 5.92 Å². The number of anilines is 2. The van der Waals surface area contributed by atoms with Crippen molar-refractivity contribution in [3.63, 3.8) is 0 Å². The minimum absolute atomic E-state index is 0.0399. The van der Waals surface area contributed by atoms with E-state index in [2.05, 4.69) is 49.2 Å². The molecule has 1 atom stereocenters. The molecule has 6 nitrogen and oxygen atoms in total. The lowest BCUT2D eigenvalue weighted by atomic mass is 10.0. The average molecular weight is 544 g/mol. The van der Waals surface area contributed by atoms with Crippen LogP contribution in [-0.2, 0) is 9.59 Å². The summed E-state index contributed by atoms with van der Waals surface area (Å²) in [7, 11) is 0. The first-order valence-corrected chi connectivity index (χ1v) is 13.7. The van der Waals surface area contributed by atoms with Crippen molar-refractivity contribution < 1.29 is 9.59 Å². The molecule has 1 aliphatic rings. The van der Waals surface area contributed by atoms with E-state index in [4.69, 9.17) is 0 Å². The van der Waals surface area contributed by atoms with Crippen LogP contribution in [0.2, 0.25) is 0 Å². The molecular weight excluding hydrogens is 504 g/mol. The van der Waals surface area contributed by atoms with E-state index < -0.39 is 0 Å². The van der Waals surface area contributed by atoms with E-state index in [-0.39, 0.29) is 23.8 Å². The van der Waals surface area contributed by atoms with Crippen molar-refractivity contribution in [2.45, 2.75) is 46.6 Å². The molecule has 2 aromatic rings. The van der Waals surface area contributed by atoms with Crippen LogP contribution in [0.15, 0.2) is 53.0 Å². The van der Waals surface area contributed by atoms with E-state index in [9.17, 15) is 9.59 Å². The molecule has 3 rings (SSSR count). The maximum atomic E-state index is 13.5. The van der Waals surface area contributed by atoms with Crippen LogP contribution in [0.3, 0.4) is 0 Å². The van der Waals surface area contributed by atoms with E-state index in [1.54, 1.807) is 0 Å². The normalized spacial score (nSPS) is 15.2. The molecule has 1 N–H and O–H groups in total. The van der Waals surface area contributed by atoms with Crippen LogP contribution in [0.4, 0.5) is 11.4 Å². The monoisotopic (exact) mass is 542 g/mol. The molecule has 2 aromatic carbocycles. The molecule has 0 saturated carbocycles. The molecule has 1 aliphatic heterocycles. The predicted molar refractivity (Wildman–Crippen MR) is 148 cm³/mol. The standard InChI is InChI=1S/C28H39BrN4O2/c1-5-21(6-2)27(34)30-23-14-15-25(24(29)20-23)32-16-18-33(19-17-32)26(22-12-10-9-11-13-22)28(35)31(7-3)8-4/h9-15,20-21,26H,5-8,16-19H2,1-4H3,(H,30,34). The third kappa shape index (κ3) is 6.64. The summed E-state index contributed by atoms with van der Waals surface area (Å²) in [5.74, 6) is 0.291. The van der Waals surface area contributed by atoms with Gasteiger partial charge in [-0.15, -0.1) is 0 Å². The van der Waals surface area contributed by atoms with Gasteiger partial charge in [0.1, 0.15) is 6.04 Å². The second-order valence-corrected chi connectivity index (χ2v) is 9.87. The lowest BCUT2D eigenvalue weighted by Gasteiger charge is -2.41. The second kappa shape index (κ2) is 13.1. The Morgan fingerprint density at radius 1 is 0.943 bits per heavy atom. The van der Waals surface area contributed by atoms with Crippen molar-refractivity contribution in [1.29, 1.82) is 0 Å². The molecule has 0 aliphatic carbocycles. The number of likely N-dealkylation sites (N-methyl/N-ethyl adjacent to an activating group) is 1. The molecule has 0 bridgehead atoms. The maximum absolute atomic E-state index is 13.5. The topological polar surface area (TPSA) is 55.9 Å².